The molecule has 0 saturated heterocycles. The van der Waals surface area contributed by atoms with Crippen LogP contribution in [0.1, 0.15) is 60.2 Å². The molecule has 2 N–H and O–H groups in total. The van der Waals surface area contributed by atoms with E-state index in [2.05, 4.69) is 0 Å². The minimum atomic E-state index is -4.33. The second kappa shape index (κ2) is 24.9. The zero-order valence-electron chi connectivity index (χ0n) is 29.0. The average molecular weight is 837 g/mol. The standard InChI is InChI=1S/2C14H20O9S2.2Na/c2*1-11(15)13-5-4-12(22-6-2-8-24(16,17)18)10-14(13)23-7-3-9-25(19,20)21;;/h2*4-5,10H,2-3,6-9H2,1H3,(H,16,17,18)(H,19,20,21);;/q;;2*+1/p-2. The number of rotatable bonds is 22. The number of ether oxygens (including phenoxy) is 4. The van der Waals surface area contributed by atoms with Crippen molar-refractivity contribution >= 4 is 52.0 Å². The number of hydrogen-bond donors (Lipinski definition) is 2. The molecular formula is C28H38Na2O18S4. The van der Waals surface area contributed by atoms with Crippen LogP contribution >= 0.6 is 0 Å². The van der Waals surface area contributed by atoms with Crippen molar-refractivity contribution in [3.63, 3.8) is 0 Å². The minimum Gasteiger partial charge on any atom is -0.748 e. The summed E-state index contributed by atoms with van der Waals surface area (Å²) in [7, 11) is -16.8. The van der Waals surface area contributed by atoms with Crippen molar-refractivity contribution in [2.45, 2.75) is 39.5 Å². The molecule has 0 unspecified atom stereocenters. The molecule has 284 valence electrons. The van der Waals surface area contributed by atoms with E-state index in [9.17, 15) is 52.4 Å². The Morgan fingerprint density at radius 2 is 0.827 bits per heavy atom. The fourth-order valence-corrected chi connectivity index (χ4v) is 5.61. The van der Waals surface area contributed by atoms with Crippen molar-refractivity contribution in [3.05, 3.63) is 47.5 Å². The fourth-order valence-electron chi connectivity index (χ4n) is 3.70. The first-order valence-corrected chi connectivity index (χ1v) is 20.9. The largest absolute Gasteiger partial charge is 1.00 e. The third-order valence-electron chi connectivity index (χ3n) is 5.89. The van der Waals surface area contributed by atoms with E-state index < -0.39 is 63.5 Å². The van der Waals surface area contributed by atoms with Crippen LogP contribution < -0.4 is 78.1 Å². The number of hydrogen-bond acceptors (Lipinski definition) is 16. The van der Waals surface area contributed by atoms with Gasteiger partial charge >= 0.3 is 59.1 Å². The number of Topliss-reactive ketones (excluding diaryl/α,β-unsaturated/α-hetero) is 2. The van der Waals surface area contributed by atoms with Crippen molar-refractivity contribution in [2.24, 2.45) is 0 Å². The second-order valence-corrected chi connectivity index (χ2v) is 16.5. The first-order chi connectivity index (χ1) is 23.0. The van der Waals surface area contributed by atoms with Crippen molar-refractivity contribution in [3.8, 4) is 23.0 Å². The summed E-state index contributed by atoms with van der Waals surface area (Å²) < 4.78 is 144. The Morgan fingerprint density at radius 3 is 1.10 bits per heavy atom. The Bertz CT molecular complexity index is 1740. The molecule has 0 spiro atoms. The molecule has 0 aliphatic carbocycles. The van der Waals surface area contributed by atoms with E-state index in [4.69, 9.17) is 28.1 Å². The molecule has 2 aromatic rings. The van der Waals surface area contributed by atoms with Crippen LogP contribution in [0.5, 0.6) is 23.0 Å². The summed E-state index contributed by atoms with van der Waals surface area (Å²) in [5.41, 5.74) is 0.519. The summed E-state index contributed by atoms with van der Waals surface area (Å²) in [5.74, 6) is -1.61. The van der Waals surface area contributed by atoms with Gasteiger partial charge in [0.05, 0.1) is 69.3 Å². The van der Waals surface area contributed by atoms with Crippen LogP contribution in [0.15, 0.2) is 36.4 Å². The van der Waals surface area contributed by atoms with Gasteiger partial charge in [-0.25, -0.2) is 16.8 Å². The maximum Gasteiger partial charge on any atom is 1.00 e. The van der Waals surface area contributed by atoms with Crippen LogP contribution in [0.3, 0.4) is 0 Å². The molecule has 0 saturated carbocycles. The summed E-state index contributed by atoms with van der Waals surface area (Å²) >= 11 is 0. The van der Waals surface area contributed by atoms with Crippen LogP contribution in [0.25, 0.3) is 0 Å². The molecule has 2 aromatic carbocycles. The number of carbonyl (C=O) groups excluding carboxylic acids is 2. The van der Waals surface area contributed by atoms with Gasteiger partial charge in [-0.05, 0) is 63.8 Å². The predicted octanol–water partition coefficient (Wildman–Crippen LogP) is -4.27. The molecule has 0 aliphatic heterocycles. The van der Waals surface area contributed by atoms with Gasteiger partial charge in [0.25, 0.3) is 20.2 Å². The van der Waals surface area contributed by atoms with Crippen molar-refractivity contribution in [1.29, 1.82) is 0 Å². The van der Waals surface area contributed by atoms with Gasteiger partial charge in [0.1, 0.15) is 23.0 Å². The quantitative estimate of drug-likeness (QED) is 0.0491. The van der Waals surface area contributed by atoms with Gasteiger partial charge in [0, 0.05) is 23.6 Å². The van der Waals surface area contributed by atoms with Gasteiger partial charge in [0.2, 0.25) is 0 Å². The smallest absolute Gasteiger partial charge is 0.748 e. The van der Waals surface area contributed by atoms with E-state index in [0.29, 0.717) is 11.5 Å². The summed E-state index contributed by atoms with van der Waals surface area (Å²) in [5, 5.41) is 0. The summed E-state index contributed by atoms with van der Waals surface area (Å²) in [6.07, 6.45) is 0.0981. The molecule has 52 heavy (non-hydrogen) atoms. The molecule has 0 atom stereocenters. The Balaban J connectivity index is 0. The Kier molecular flexibility index (Phi) is 25.3. The van der Waals surface area contributed by atoms with Crippen molar-refractivity contribution in [2.75, 3.05) is 49.4 Å². The normalized spacial score (nSPS) is 11.5. The maximum absolute atomic E-state index is 11.6. The fraction of sp³-hybridized carbons (Fsp3) is 0.500. The van der Waals surface area contributed by atoms with E-state index >= 15 is 0 Å². The van der Waals surface area contributed by atoms with E-state index in [1.54, 1.807) is 0 Å². The van der Waals surface area contributed by atoms with Gasteiger partial charge in [0.15, 0.2) is 11.6 Å². The van der Waals surface area contributed by atoms with Crippen LogP contribution in [0.2, 0.25) is 0 Å². The van der Waals surface area contributed by atoms with Crippen molar-refractivity contribution in [1.82, 2.24) is 0 Å². The van der Waals surface area contributed by atoms with E-state index in [-0.39, 0.29) is 145 Å². The molecule has 0 fully saturated rings. The molecule has 2 rings (SSSR count). The molecule has 0 heterocycles. The predicted molar refractivity (Wildman–Crippen MR) is 175 cm³/mol. The summed E-state index contributed by atoms with van der Waals surface area (Å²) in [6.45, 7) is 2.55. The summed E-state index contributed by atoms with van der Waals surface area (Å²) in [4.78, 5) is 23.2. The molecule has 0 amide bonds. The van der Waals surface area contributed by atoms with Crippen molar-refractivity contribution < 1.29 is 140 Å². The van der Waals surface area contributed by atoms with Gasteiger partial charge < -0.3 is 28.1 Å². The van der Waals surface area contributed by atoms with Crippen LogP contribution in [-0.4, -0.2) is 113 Å². The van der Waals surface area contributed by atoms with Gasteiger partial charge in [-0.2, -0.15) is 16.8 Å². The van der Waals surface area contributed by atoms with Gasteiger partial charge in [-0.1, -0.05) is 0 Å². The van der Waals surface area contributed by atoms with Gasteiger partial charge in [-0.3, -0.25) is 18.7 Å². The van der Waals surface area contributed by atoms with E-state index in [1.165, 1.54) is 50.2 Å². The molecule has 0 radical (unpaired) electrons. The maximum atomic E-state index is 11.6. The first-order valence-electron chi connectivity index (χ1n) is 14.5. The van der Waals surface area contributed by atoms with Crippen LogP contribution in [0.4, 0.5) is 0 Å². The number of ketones is 2. The average Bonchev–Trinajstić information content (AvgIpc) is 2.96. The first kappa shape index (κ1) is 52.7. The van der Waals surface area contributed by atoms with Crippen LogP contribution in [0, 0.1) is 0 Å². The van der Waals surface area contributed by atoms with Crippen LogP contribution in [-0.2, 0) is 40.5 Å². The third-order valence-corrected chi connectivity index (χ3v) is 9.07. The van der Waals surface area contributed by atoms with E-state index in [0.717, 1.165) is 0 Å². The Morgan fingerprint density at radius 1 is 0.538 bits per heavy atom. The topological polar surface area (TPSA) is 294 Å². The minimum absolute atomic E-state index is 0. The molecule has 24 heteroatoms. The second-order valence-electron chi connectivity index (χ2n) is 10.3. The van der Waals surface area contributed by atoms with E-state index in [1.807, 2.05) is 0 Å². The third kappa shape index (κ3) is 26.4. The Hall–Kier alpha value is -1.38. The number of benzene rings is 2. The molecule has 0 aliphatic rings. The van der Waals surface area contributed by atoms with Gasteiger partial charge in [-0.15, -0.1) is 0 Å². The molecule has 0 bridgehead atoms. The molecule has 18 nitrogen and oxygen atoms in total. The molecular weight excluding hydrogens is 799 g/mol. The molecule has 0 aromatic heterocycles. The zero-order valence-corrected chi connectivity index (χ0v) is 36.3. The summed E-state index contributed by atoms with van der Waals surface area (Å²) in [6, 6.07) is 8.74. The zero-order chi connectivity index (χ0) is 38.2. The Labute approximate surface area is 347 Å². The monoisotopic (exact) mass is 836 g/mol. The number of carbonyl (C=O) groups is 2. The SMILES string of the molecule is CC(=O)c1ccc(OCCCS(=O)(=O)O)cc1OCCCS(=O)(=O)[O-].CC(=O)c1ccc(OCCCS(=O)(=O)O)cc1OCCCS(=O)(=O)[O-].[Na+].[Na+].